The highest BCUT2D eigenvalue weighted by Crippen LogP contribution is 2.19. The molecule has 10 N–H and O–H groups in total. The van der Waals surface area contributed by atoms with Crippen molar-refractivity contribution in [1.82, 2.24) is 45.9 Å². The Morgan fingerprint density at radius 1 is 0.352 bits per heavy atom. The van der Waals surface area contributed by atoms with Crippen molar-refractivity contribution in [3.8, 4) is 0 Å². The normalized spacial score (nSPS) is 10.7. The van der Waals surface area contributed by atoms with Gasteiger partial charge in [-0.25, -0.2) is 63.5 Å². The minimum Gasteiger partial charge on any atom is -0.478 e. The number of nitrogens with one attached hydrogen (secondary N) is 6. The zero-order chi connectivity index (χ0) is 79.0. The number of alkyl carbamates (subject to hydrolysis) is 3. The fourth-order valence-corrected chi connectivity index (χ4v) is 9.26. The number of carboxylic acid groups (broad SMARTS) is 2. The number of carbonyl (C=O) groups is 9. The van der Waals surface area contributed by atoms with Crippen LogP contribution >= 0.6 is 0 Å². The fraction of sp³-hybridized carbons (Fsp3) is 0.278. The molecule has 0 unspecified atom stereocenters. The number of hydrogen-bond acceptors (Lipinski definition) is 24. The Balaban J connectivity index is 0.000000238. The highest BCUT2D eigenvalue weighted by molar-refractivity contribution is 5.99. The van der Waals surface area contributed by atoms with Crippen LogP contribution in [0.5, 0.6) is 0 Å². The number of Topliss-reactive ketones (excluding diaryl/α,β-unsaturated/α-hetero) is 2. The Labute approximate surface area is 625 Å². The summed E-state index contributed by atoms with van der Waals surface area (Å²) in [5, 5.41) is 35.5. The summed E-state index contributed by atoms with van der Waals surface area (Å²) in [5.41, 5.74) is 12.9. The monoisotopic (exact) mass is 1480 g/mol. The molecule has 566 valence electrons. The maximum atomic E-state index is 12.8. The number of nitrogens with zero attached hydrogens (tertiary/aromatic N) is 6. The number of nitrogen functional groups attached to an aromatic ring is 1. The average Bonchev–Trinajstić information content (AvgIpc) is 0.807. The van der Waals surface area contributed by atoms with Crippen molar-refractivity contribution in [3.63, 3.8) is 0 Å². The predicted molar refractivity (Wildman–Crippen MR) is 403 cm³/mol. The van der Waals surface area contributed by atoms with Crippen molar-refractivity contribution in [2.45, 2.75) is 131 Å². The lowest BCUT2D eigenvalue weighted by Crippen LogP contribution is -2.32. The van der Waals surface area contributed by atoms with Crippen LogP contribution in [0, 0.1) is 0 Å². The van der Waals surface area contributed by atoms with Gasteiger partial charge in [-0.05, 0) is 163 Å². The molecular weight excluding hydrogens is 1390 g/mol. The van der Waals surface area contributed by atoms with E-state index in [4.69, 9.17) is 34.9 Å². The molecule has 0 aliphatic carbocycles. The van der Waals surface area contributed by atoms with Gasteiger partial charge in [0, 0.05) is 67.5 Å². The van der Waals surface area contributed by atoms with E-state index in [-0.39, 0.29) is 61.1 Å². The fourth-order valence-electron chi connectivity index (χ4n) is 9.26. The van der Waals surface area contributed by atoms with Crippen LogP contribution in [-0.2, 0) is 75.8 Å². The molecule has 108 heavy (non-hydrogen) atoms. The standard InChI is InChI=1S/C27H30N4O5.C26H28N4O5.C18H22N4O4.C8H9NO2/c1-27(2,3)36-26(34)29-16-22-14-24(31-17-30-22)28-15-19-6-5-7-21(12-19)23(32)13-18-8-10-20(11-9-18)25(33)35-4;1-26(2,3)35-25(34)28-15-21-13-23(30-16-29-21)27-14-18-5-4-6-20(11-18)22(31)12-17-7-9-19(10-8-17)24(32)33;1-18(2,3)26-17(25)20-10-14-8-15(22-11-21-14)19-9-12-5-4-6-13(7-12)16(23)24;1-11-8(10)6-2-4-7(9)5-3-6/h5-12,14,17H,13,15-16H2,1-4H3,(H,29,34)(H,28,30,31);4-11,13,16H,12,14-15H2,1-3H3,(H,28,34)(H,32,33)(H,27,29,30);4-8,11H,9-10H2,1-3H3,(H,20,25)(H,23,24)(H,19,21,22);2-5H,9H2,1H3. The lowest BCUT2D eigenvalue weighted by atomic mass is 10.0. The van der Waals surface area contributed by atoms with E-state index in [1.807, 2.05) is 42.5 Å². The van der Waals surface area contributed by atoms with Crippen molar-refractivity contribution in [2.75, 3.05) is 35.9 Å². The zero-order valence-electron chi connectivity index (χ0n) is 61.8. The van der Waals surface area contributed by atoms with Crippen molar-refractivity contribution in [3.05, 3.63) is 261 Å². The number of esters is 2. The molecule has 0 aliphatic heterocycles. The van der Waals surface area contributed by atoms with Crippen LogP contribution in [-0.4, -0.2) is 125 Å². The quantitative estimate of drug-likeness (QED) is 0.0111. The molecule has 0 aliphatic rings. The van der Waals surface area contributed by atoms with E-state index in [0.717, 1.165) is 27.8 Å². The van der Waals surface area contributed by atoms with E-state index in [2.05, 4.69) is 66.5 Å². The number of carbonyl (C=O) groups excluding carboxylic acids is 7. The molecule has 0 saturated carbocycles. The second-order valence-electron chi connectivity index (χ2n) is 26.7. The summed E-state index contributed by atoms with van der Waals surface area (Å²) in [4.78, 5) is 130. The van der Waals surface area contributed by atoms with Gasteiger partial charge < -0.3 is 71.5 Å². The minimum atomic E-state index is -1.00. The maximum Gasteiger partial charge on any atom is 0.407 e. The molecule has 9 rings (SSSR count). The summed E-state index contributed by atoms with van der Waals surface area (Å²) in [6, 6.07) is 46.1. The minimum absolute atomic E-state index is 0.0276. The topological polar surface area (TPSA) is 416 Å². The number of methoxy groups -OCH3 is 2. The number of aromatic carboxylic acids is 2. The van der Waals surface area contributed by atoms with Gasteiger partial charge in [-0.15, -0.1) is 0 Å². The first-order valence-corrected chi connectivity index (χ1v) is 33.7. The Morgan fingerprint density at radius 3 is 0.954 bits per heavy atom. The largest absolute Gasteiger partial charge is 0.478 e. The van der Waals surface area contributed by atoms with E-state index in [0.29, 0.717) is 82.1 Å². The first-order chi connectivity index (χ1) is 51.2. The Hall–Kier alpha value is -13.2. The van der Waals surface area contributed by atoms with Crippen molar-refractivity contribution in [1.29, 1.82) is 0 Å². The molecule has 6 aromatic carbocycles. The summed E-state index contributed by atoms with van der Waals surface area (Å²) in [6.45, 7) is 18.0. The molecule has 0 bridgehead atoms. The third-order valence-electron chi connectivity index (χ3n) is 14.3. The van der Waals surface area contributed by atoms with Crippen molar-refractivity contribution >= 4 is 76.9 Å². The van der Waals surface area contributed by atoms with Gasteiger partial charge >= 0.3 is 42.2 Å². The van der Waals surface area contributed by atoms with Crippen molar-refractivity contribution < 1.29 is 77.0 Å². The van der Waals surface area contributed by atoms with E-state index in [1.165, 1.54) is 51.4 Å². The molecule has 0 fully saturated rings. The van der Waals surface area contributed by atoms with Gasteiger partial charge in [0.2, 0.25) is 0 Å². The molecule has 29 nitrogen and oxygen atoms in total. The van der Waals surface area contributed by atoms with Crippen LogP contribution in [0.25, 0.3) is 0 Å². The van der Waals surface area contributed by atoms with E-state index < -0.39 is 53.0 Å². The number of benzene rings is 6. The van der Waals surface area contributed by atoms with Crippen LogP contribution in [0.2, 0.25) is 0 Å². The molecule has 3 aromatic heterocycles. The number of ketones is 2. The van der Waals surface area contributed by atoms with E-state index in [9.17, 15) is 43.2 Å². The van der Waals surface area contributed by atoms with Gasteiger partial charge in [0.1, 0.15) is 53.2 Å². The molecule has 3 amide bonds. The molecule has 9 aromatic rings. The van der Waals surface area contributed by atoms with Gasteiger partial charge in [0.05, 0.1) is 73.2 Å². The lowest BCUT2D eigenvalue weighted by molar-refractivity contribution is 0.0511. The van der Waals surface area contributed by atoms with E-state index in [1.54, 1.807) is 165 Å². The second kappa shape index (κ2) is 40.7. The SMILES string of the molecule is CC(C)(C)OC(=O)NCc1cc(NCc2cccc(C(=O)Cc3ccc(C(=O)O)cc3)c2)ncn1.CC(C)(C)OC(=O)NCc1cc(NCc2cccc(C(=O)O)c2)ncn1.COC(=O)c1ccc(CC(=O)c2cccc(CNc3cc(CNC(=O)OC(C)(C)C)ncn3)c2)cc1.COC(=O)c1ccc(N)cc1. The first kappa shape index (κ1) is 83.7. The maximum absolute atomic E-state index is 12.8. The number of aromatic nitrogens is 6. The van der Waals surface area contributed by atoms with Crippen molar-refractivity contribution in [2.24, 2.45) is 0 Å². The predicted octanol–water partition coefficient (Wildman–Crippen LogP) is 12.4. The Morgan fingerprint density at radius 2 is 0.648 bits per heavy atom. The van der Waals surface area contributed by atoms with Gasteiger partial charge in [-0.1, -0.05) is 72.8 Å². The number of anilines is 4. The highest BCUT2D eigenvalue weighted by atomic mass is 16.6. The first-order valence-electron chi connectivity index (χ1n) is 33.7. The highest BCUT2D eigenvalue weighted by Gasteiger charge is 2.20. The van der Waals surface area contributed by atoms with Crippen LogP contribution < -0.4 is 37.6 Å². The van der Waals surface area contributed by atoms with Crippen LogP contribution in [0.1, 0.15) is 169 Å². The molecular formula is C79H89N13O16. The zero-order valence-corrected chi connectivity index (χ0v) is 61.8. The summed E-state index contributed by atoms with van der Waals surface area (Å²) in [7, 11) is 2.67. The van der Waals surface area contributed by atoms with Crippen LogP contribution in [0.4, 0.5) is 37.5 Å². The lowest BCUT2D eigenvalue weighted by Gasteiger charge is -2.19. The number of nitrogens with two attached hydrogens (primary N) is 1. The third-order valence-corrected chi connectivity index (χ3v) is 14.3. The number of hydrogen-bond donors (Lipinski definition) is 9. The summed E-state index contributed by atoms with van der Waals surface area (Å²) in [5.74, 6) is -1.07. The average molecular weight is 1480 g/mol. The molecule has 0 saturated heterocycles. The summed E-state index contributed by atoms with van der Waals surface area (Å²) < 4.78 is 24.8. The molecule has 3 heterocycles. The number of ether oxygens (including phenoxy) is 5. The van der Waals surface area contributed by atoms with Crippen LogP contribution in [0.15, 0.2) is 183 Å². The third kappa shape index (κ3) is 31.4. The Kier molecular flexibility index (Phi) is 31.6. The summed E-state index contributed by atoms with van der Waals surface area (Å²) in [6.07, 6.45) is 3.05. The molecule has 0 spiro atoms. The molecule has 0 atom stereocenters. The number of rotatable bonds is 25. The Bertz CT molecular complexity index is 4540. The van der Waals surface area contributed by atoms with E-state index >= 15 is 0 Å². The van der Waals surface area contributed by atoms with Gasteiger partial charge in [-0.2, -0.15) is 0 Å². The van der Waals surface area contributed by atoms with Gasteiger partial charge in [-0.3, -0.25) is 9.59 Å². The smallest absolute Gasteiger partial charge is 0.407 e. The molecule has 29 heteroatoms. The second-order valence-corrected chi connectivity index (χ2v) is 26.7. The van der Waals surface area contributed by atoms with Gasteiger partial charge in [0.25, 0.3) is 0 Å². The van der Waals surface area contributed by atoms with Gasteiger partial charge in [0.15, 0.2) is 11.6 Å². The number of amides is 3. The summed E-state index contributed by atoms with van der Waals surface area (Å²) >= 11 is 0. The number of carboxylic acids is 2. The molecule has 0 radical (unpaired) electrons. The van der Waals surface area contributed by atoms with Crippen LogP contribution in [0.3, 0.4) is 0 Å².